The van der Waals surface area contributed by atoms with Crippen LogP contribution in [-0.4, -0.2) is 21.9 Å². The molecule has 2 nitrogen and oxygen atoms in total. The molecule has 4 aliphatic rings. The molecule has 156 valence electrons. The van der Waals surface area contributed by atoms with E-state index in [0.717, 1.165) is 48.9 Å². The molecule has 0 aromatic carbocycles. The Bertz CT molecular complexity index is 537. The average molecular weight is 377 g/mol. The van der Waals surface area contributed by atoms with E-state index in [2.05, 4.69) is 13.8 Å². The molecule has 6 unspecified atom stereocenters. The zero-order valence-corrected chi connectivity index (χ0v) is 18.3. The van der Waals surface area contributed by atoms with E-state index in [1.165, 1.54) is 57.8 Å². The van der Waals surface area contributed by atoms with Gasteiger partial charge in [0.2, 0.25) is 0 Å². The summed E-state index contributed by atoms with van der Waals surface area (Å²) in [5, 5.41) is 20.3. The second-order valence-corrected chi connectivity index (χ2v) is 12.1. The van der Waals surface area contributed by atoms with Gasteiger partial charge in [0.05, 0.1) is 11.7 Å². The van der Waals surface area contributed by atoms with E-state index < -0.39 is 5.60 Å². The summed E-state index contributed by atoms with van der Waals surface area (Å²) in [6.07, 6.45) is 15.3. The topological polar surface area (TPSA) is 40.5 Å². The van der Waals surface area contributed by atoms with Crippen molar-refractivity contribution >= 4 is 0 Å². The minimum Gasteiger partial charge on any atom is -0.393 e. The molecule has 4 saturated carbocycles. The highest BCUT2D eigenvalue weighted by Gasteiger charge is 2.59. The minimum atomic E-state index is -0.505. The van der Waals surface area contributed by atoms with Crippen LogP contribution in [0.4, 0.5) is 0 Å². The molecule has 0 heterocycles. The average Bonchev–Trinajstić information content (AvgIpc) is 2.91. The van der Waals surface area contributed by atoms with Gasteiger partial charge in [-0.3, -0.25) is 0 Å². The molecular weight excluding hydrogens is 332 g/mol. The van der Waals surface area contributed by atoms with Gasteiger partial charge in [-0.2, -0.15) is 0 Å². The summed E-state index contributed by atoms with van der Waals surface area (Å²) >= 11 is 0. The van der Waals surface area contributed by atoms with Gasteiger partial charge in [-0.25, -0.2) is 0 Å². The maximum atomic E-state index is 10.2. The Hall–Kier alpha value is -0.0800. The molecule has 0 aliphatic heterocycles. The summed E-state index contributed by atoms with van der Waals surface area (Å²) in [4.78, 5) is 0. The number of aliphatic hydroxyl groups is 2. The molecule has 27 heavy (non-hydrogen) atoms. The zero-order chi connectivity index (χ0) is 19.4. The Morgan fingerprint density at radius 2 is 1.59 bits per heavy atom. The molecule has 0 amide bonds. The highest BCUT2D eigenvalue weighted by molar-refractivity contribution is 5.09. The Labute approximate surface area is 167 Å². The number of hydrogen-bond donors (Lipinski definition) is 2. The number of aliphatic hydroxyl groups excluding tert-OH is 1. The smallest absolute Gasteiger partial charge is 0.0591 e. The van der Waals surface area contributed by atoms with E-state index in [1.54, 1.807) is 0 Å². The van der Waals surface area contributed by atoms with Crippen molar-refractivity contribution in [3.05, 3.63) is 0 Å². The van der Waals surface area contributed by atoms with Crippen LogP contribution in [-0.2, 0) is 0 Å². The first-order valence-corrected chi connectivity index (χ1v) is 12.0. The highest BCUT2D eigenvalue weighted by Crippen LogP contribution is 2.67. The predicted octanol–water partition coefficient (Wildman–Crippen LogP) is 5.95. The van der Waals surface area contributed by atoms with Crippen molar-refractivity contribution in [1.29, 1.82) is 0 Å². The molecule has 0 aromatic heterocycles. The molecule has 4 aliphatic carbocycles. The SMILES string of the molecule is CC(C)(O)CCC[C@H]1CCC2C3CCC4C[C@@H](O)CCC4(C)C3CCC21C. The first kappa shape index (κ1) is 20.2. The van der Waals surface area contributed by atoms with E-state index in [-0.39, 0.29) is 6.10 Å². The minimum absolute atomic E-state index is 0.0277. The van der Waals surface area contributed by atoms with Crippen molar-refractivity contribution < 1.29 is 10.2 Å². The second kappa shape index (κ2) is 7.01. The van der Waals surface area contributed by atoms with Gasteiger partial charge in [-0.05, 0) is 125 Å². The van der Waals surface area contributed by atoms with Gasteiger partial charge in [0.15, 0.2) is 0 Å². The van der Waals surface area contributed by atoms with Crippen LogP contribution >= 0.6 is 0 Å². The lowest BCUT2D eigenvalue weighted by Crippen LogP contribution is -2.53. The quantitative estimate of drug-likeness (QED) is 0.636. The zero-order valence-electron chi connectivity index (χ0n) is 18.3. The summed E-state index contributed by atoms with van der Waals surface area (Å²) in [6.45, 7) is 9.14. The molecule has 0 bridgehead atoms. The van der Waals surface area contributed by atoms with Crippen molar-refractivity contribution in [1.82, 2.24) is 0 Å². The van der Waals surface area contributed by atoms with Crippen LogP contribution in [0.25, 0.3) is 0 Å². The van der Waals surface area contributed by atoms with E-state index in [4.69, 9.17) is 0 Å². The summed E-state index contributed by atoms with van der Waals surface area (Å²) in [5.41, 5.74) is 0.551. The Balaban J connectivity index is 1.46. The van der Waals surface area contributed by atoms with Crippen molar-refractivity contribution in [2.75, 3.05) is 0 Å². The Kier molecular flexibility index (Phi) is 5.25. The largest absolute Gasteiger partial charge is 0.393 e. The third-order valence-corrected chi connectivity index (χ3v) is 10.2. The van der Waals surface area contributed by atoms with Crippen molar-refractivity contribution in [2.45, 2.75) is 116 Å². The third-order valence-electron chi connectivity index (χ3n) is 10.2. The maximum Gasteiger partial charge on any atom is 0.0591 e. The molecule has 0 radical (unpaired) electrons. The van der Waals surface area contributed by atoms with Gasteiger partial charge in [0.1, 0.15) is 0 Å². The Morgan fingerprint density at radius 3 is 2.33 bits per heavy atom. The van der Waals surface area contributed by atoms with E-state index >= 15 is 0 Å². The van der Waals surface area contributed by atoms with Crippen LogP contribution in [0.3, 0.4) is 0 Å². The molecule has 0 aromatic rings. The molecule has 4 rings (SSSR count). The van der Waals surface area contributed by atoms with Crippen LogP contribution in [0.1, 0.15) is 105 Å². The Morgan fingerprint density at radius 1 is 0.889 bits per heavy atom. The monoisotopic (exact) mass is 376 g/mol. The highest BCUT2D eigenvalue weighted by atomic mass is 16.3. The molecule has 8 atom stereocenters. The fourth-order valence-corrected chi connectivity index (χ4v) is 8.60. The fourth-order valence-electron chi connectivity index (χ4n) is 8.60. The summed E-state index contributed by atoms with van der Waals surface area (Å²) in [6, 6.07) is 0. The van der Waals surface area contributed by atoms with Gasteiger partial charge < -0.3 is 10.2 Å². The summed E-state index contributed by atoms with van der Waals surface area (Å²) in [5.74, 6) is 4.45. The van der Waals surface area contributed by atoms with E-state index in [9.17, 15) is 10.2 Å². The van der Waals surface area contributed by atoms with Gasteiger partial charge in [-0.1, -0.05) is 20.3 Å². The first-order valence-electron chi connectivity index (χ1n) is 12.0. The van der Waals surface area contributed by atoms with Gasteiger partial charge in [-0.15, -0.1) is 0 Å². The van der Waals surface area contributed by atoms with Gasteiger partial charge >= 0.3 is 0 Å². The summed E-state index contributed by atoms with van der Waals surface area (Å²) < 4.78 is 0. The predicted molar refractivity (Wildman–Crippen MR) is 111 cm³/mol. The number of hydrogen-bond acceptors (Lipinski definition) is 2. The lowest BCUT2D eigenvalue weighted by molar-refractivity contribution is -0.127. The van der Waals surface area contributed by atoms with Gasteiger partial charge in [0, 0.05) is 0 Å². The van der Waals surface area contributed by atoms with Gasteiger partial charge in [0.25, 0.3) is 0 Å². The van der Waals surface area contributed by atoms with Crippen molar-refractivity contribution in [2.24, 2.45) is 40.4 Å². The van der Waals surface area contributed by atoms with Crippen molar-refractivity contribution in [3.63, 3.8) is 0 Å². The maximum absolute atomic E-state index is 10.2. The van der Waals surface area contributed by atoms with Crippen LogP contribution < -0.4 is 0 Å². The lowest BCUT2D eigenvalue weighted by Gasteiger charge is -2.61. The van der Waals surface area contributed by atoms with Crippen molar-refractivity contribution in [3.8, 4) is 0 Å². The fraction of sp³-hybridized carbons (Fsp3) is 1.00. The molecule has 0 spiro atoms. The van der Waals surface area contributed by atoms with Crippen LogP contribution in [0, 0.1) is 40.4 Å². The van der Waals surface area contributed by atoms with E-state index in [1.807, 2.05) is 13.8 Å². The second-order valence-electron chi connectivity index (χ2n) is 12.1. The number of fused-ring (bicyclic) bond motifs is 5. The van der Waals surface area contributed by atoms with Crippen LogP contribution in [0.15, 0.2) is 0 Å². The van der Waals surface area contributed by atoms with Crippen LogP contribution in [0.2, 0.25) is 0 Å². The molecule has 0 saturated heterocycles. The molecule has 2 heteroatoms. The summed E-state index contributed by atoms with van der Waals surface area (Å²) in [7, 11) is 0. The van der Waals surface area contributed by atoms with E-state index in [0.29, 0.717) is 10.8 Å². The number of rotatable bonds is 4. The normalized spacial score (nSPS) is 50.0. The lowest BCUT2D eigenvalue weighted by atomic mass is 9.44. The molecule has 2 N–H and O–H groups in total. The first-order chi connectivity index (χ1) is 12.6. The standard InChI is InChI=1S/C25H44O2/c1-23(2,27)13-5-6-17-8-10-21-20-9-7-18-16-19(26)11-14-25(18,4)22(20)12-15-24(17,21)3/h17-22,26-27H,5-16H2,1-4H3/t17-,18?,19-,20?,21?,22?,24?,25?/m0/s1. The third kappa shape index (κ3) is 3.52. The molecular formula is C25H44O2. The van der Waals surface area contributed by atoms with Crippen LogP contribution in [0.5, 0.6) is 0 Å². The molecule has 4 fully saturated rings.